The van der Waals surface area contributed by atoms with Crippen LogP contribution in [0.3, 0.4) is 0 Å². The van der Waals surface area contributed by atoms with Gasteiger partial charge in [0.25, 0.3) is 0 Å². The number of carboxylic acids is 1. The van der Waals surface area contributed by atoms with Crippen LogP contribution in [0.1, 0.15) is 42.7 Å². The largest absolute Gasteiger partial charge is 0.477 e. The first-order chi connectivity index (χ1) is 14.3. The van der Waals surface area contributed by atoms with E-state index in [4.69, 9.17) is 4.42 Å². The molecular formula is C24H21NO4S. The quantitative estimate of drug-likeness (QED) is 0.444. The number of thiophene rings is 1. The van der Waals surface area contributed by atoms with Gasteiger partial charge in [-0.1, -0.05) is 39.0 Å². The molecule has 0 radical (unpaired) electrons. The van der Waals surface area contributed by atoms with Crippen molar-refractivity contribution < 1.29 is 14.3 Å². The van der Waals surface area contributed by atoms with Crippen molar-refractivity contribution in [2.24, 2.45) is 5.41 Å². The fourth-order valence-electron chi connectivity index (χ4n) is 4.37. The van der Waals surface area contributed by atoms with E-state index < -0.39 is 11.4 Å². The smallest absolute Gasteiger partial charge is 0.341 e. The number of aromatic nitrogens is 1. The third kappa shape index (κ3) is 2.75. The van der Waals surface area contributed by atoms with Crippen LogP contribution in [-0.4, -0.2) is 15.6 Å². The maximum atomic E-state index is 12.5. The lowest BCUT2D eigenvalue weighted by Gasteiger charge is -2.37. The molecule has 1 aliphatic heterocycles. The van der Waals surface area contributed by atoms with Crippen molar-refractivity contribution in [3.8, 4) is 21.9 Å². The molecule has 6 heteroatoms. The van der Waals surface area contributed by atoms with E-state index in [9.17, 15) is 14.7 Å². The summed E-state index contributed by atoms with van der Waals surface area (Å²) in [6.45, 7) is 6.39. The van der Waals surface area contributed by atoms with Crippen LogP contribution in [0.4, 0.5) is 0 Å². The van der Waals surface area contributed by atoms with Crippen molar-refractivity contribution in [2.75, 3.05) is 0 Å². The highest BCUT2D eigenvalue weighted by Gasteiger charge is 2.36. The van der Waals surface area contributed by atoms with E-state index in [0.29, 0.717) is 17.9 Å². The van der Waals surface area contributed by atoms with Gasteiger partial charge in [-0.15, -0.1) is 11.3 Å². The highest BCUT2D eigenvalue weighted by molar-refractivity contribution is 7.13. The van der Waals surface area contributed by atoms with Crippen LogP contribution in [0.5, 0.6) is 0 Å². The number of rotatable bonds is 2. The molecule has 1 atom stereocenters. The molecule has 0 saturated carbocycles. The van der Waals surface area contributed by atoms with E-state index in [2.05, 4.69) is 32.9 Å². The summed E-state index contributed by atoms with van der Waals surface area (Å²) in [5.74, 6) is -0.554. The SMILES string of the molecule is CC(C)(C)[C@@H]1Cc2c(oc3c(-c4cccs4)cccc23)-c2cc(=O)c(C(=O)O)cn21. The maximum Gasteiger partial charge on any atom is 0.341 e. The first-order valence-corrected chi connectivity index (χ1v) is 10.7. The van der Waals surface area contributed by atoms with Gasteiger partial charge in [-0.05, 0) is 29.3 Å². The number of hydrogen-bond acceptors (Lipinski definition) is 4. The molecule has 1 aliphatic rings. The van der Waals surface area contributed by atoms with E-state index in [1.807, 2.05) is 28.1 Å². The molecule has 5 nitrogen and oxygen atoms in total. The van der Waals surface area contributed by atoms with Crippen LogP contribution in [-0.2, 0) is 6.42 Å². The Labute approximate surface area is 177 Å². The van der Waals surface area contributed by atoms with Gasteiger partial charge in [0.05, 0.1) is 5.69 Å². The molecule has 4 heterocycles. The summed E-state index contributed by atoms with van der Waals surface area (Å²) < 4.78 is 8.30. The van der Waals surface area contributed by atoms with Gasteiger partial charge in [-0.2, -0.15) is 0 Å². The fraction of sp³-hybridized carbons (Fsp3) is 0.250. The number of furan rings is 1. The Morgan fingerprint density at radius 2 is 2.03 bits per heavy atom. The second-order valence-electron chi connectivity index (χ2n) is 8.80. The van der Waals surface area contributed by atoms with Gasteiger partial charge in [0, 0.05) is 39.7 Å². The van der Waals surface area contributed by atoms with Gasteiger partial charge >= 0.3 is 5.97 Å². The minimum absolute atomic E-state index is 0.00936. The number of carbonyl (C=O) groups is 1. The molecule has 0 bridgehead atoms. The zero-order valence-corrected chi connectivity index (χ0v) is 17.7. The third-order valence-corrected chi connectivity index (χ3v) is 6.78. The van der Waals surface area contributed by atoms with E-state index >= 15 is 0 Å². The van der Waals surface area contributed by atoms with Crippen LogP contribution in [0, 0.1) is 5.41 Å². The fourth-order valence-corrected chi connectivity index (χ4v) is 5.12. The van der Waals surface area contributed by atoms with E-state index in [1.54, 1.807) is 11.3 Å². The van der Waals surface area contributed by atoms with Crippen molar-refractivity contribution >= 4 is 28.3 Å². The number of aromatic carboxylic acids is 1. The average molecular weight is 420 g/mol. The molecule has 3 aromatic heterocycles. The molecule has 1 aromatic carbocycles. The monoisotopic (exact) mass is 419 g/mol. The number of para-hydroxylation sites is 1. The van der Waals surface area contributed by atoms with Gasteiger partial charge in [0.2, 0.25) is 0 Å². The van der Waals surface area contributed by atoms with Crippen LogP contribution >= 0.6 is 11.3 Å². The predicted octanol–water partition coefficient (Wildman–Crippen LogP) is 5.83. The summed E-state index contributed by atoms with van der Waals surface area (Å²) in [6.07, 6.45) is 2.18. The third-order valence-electron chi connectivity index (χ3n) is 5.88. The number of nitrogens with zero attached hydrogens (tertiary/aromatic N) is 1. The van der Waals surface area contributed by atoms with E-state index in [0.717, 1.165) is 27.0 Å². The summed E-state index contributed by atoms with van der Waals surface area (Å²) in [5, 5.41) is 12.6. The van der Waals surface area contributed by atoms with Gasteiger partial charge in [0.15, 0.2) is 11.2 Å². The highest BCUT2D eigenvalue weighted by Crippen LogP contribution is 2.47. The second kappa shape index (κ2) is 6.44. The Hall–Kier alpha value is -3.12. The molecule has 30 heavy (non-hydrogen) atoms. The molecule has 0 spiro atoms. The van der Waals surface area contributed by atoms with Crippen LogP contribution in [0.2, 0.25) is 0 Å². The van der Waals surface area contributed by atoms with Gasteiger partial charge in [-0.3, -0.25) is 4.79 Å². The van der Waals surface area contributed by atoms with Crippen molar-refractivity contribution in [3.05, 3.63) is 69.3 Å². The minimum atomic E-state index is -1.21. The Balaban J connectivity index is 1.84. The normalized spacial score (nSPS) is 15.8. The summed E-state index contributed by atoms with van der Waals surface area (Å²) >= 11 is 1.65. The maximum absolute atomic E-state index is 12.5. The van der Waals surface area contributed by atoms with E-state index in [1.165, 1.54) is 12.3 Å². The molecule has 0 unspecified atom stereocenters. The van der Waals surface area contributed by atoms with Crippen LogP contribution in [0.15, 0.2) is 57.2 Å². The predicted molar refractivity (Wildman–Crippen MR) is 118 cm³/mol. The summed E-state index contributed by atoms with van der Waals surface area (Å²) in [7, 11) is 0. The van der Waals surface area contributed by atoms with Crippen molar-refractivity contribution in [2.45, 2.75) is 33.2 Å². The molecule has 0 saturated heterocycles. The number of fused-ring (bicyclic) bond motifs is 5. The molecule has 0 amide bonds. The Bertz CT molecular complexity index is 1350. The Morgan fingerprint density at radius 1 is 1.23 bits per heavy atom. The Kier molecular flexibility index (Phi) is 4.05. The molecule has 152 valence electrons. The lowest BCUT2D eigenvalue weighted by molar-refractivity contribution is 0.0693. The standard InChI is InChI=1S/C24H21NO4S/c1-24(2,3)20-10-15-13-6-4-7-14(19-8-5-9-30-19)21(13)29-22(15)17-11-18(26)16(23(27)28)12-25(17)20/h4-9,11-12,20H,10H2,1-3H3,(H,27,28)/t20-/m0/s1. The van der Waals surface area contributed by atoms with E-state index in [-0.39, 0.29) is 17.0 Å². The lowest BCUT2D eigenvalue weighted by Crippen LogP contribution is -2.32. The van der Waals surface area contributed by atoms with Gasteiger partial charge < -0.3 is 14.1 Å². The molecule has 5 rings (SSSR count). The molecule has 0 aliphatic carbocycles. The minimum Gasteiger partial charge on any atom is -0.477 e. The van der Waals surface area contributed by atoms with Crippen molar-refractivity contribution in [1.82, 2.24) is 4.57 Å². The first-order valence-electron chi connectivity index (χ1n) is 9.84. The number of carboxylic acid groups (broad SMARTS) is 1. The first kappa shape index (κ1) is 18.9. The second-order valence-corrected chi connectivity index (χ2v) is 9.75. The number of benzene rings is 1. The number of pyridine rings is 1. The zero-order valence-electron chi connectivity index (χ0n) is 16.9. The van der Waals surface area contributed by atoms with Crippen LogP contribution in [0.25, 0.3) is 32.9 Å². The molecule has 1 N–H and O–H groups in total. The van der Waals surface area contributed by atoms with Crippen molar-refractivity contribution in [3.63, 3.8) is 0 Å². The average Bonchev–Trinajstić information content (AvgIpc) is 3.33. The van der Waals surface area contributed by atoms with Crippen LogP contribution < -0.4 is 5.43 Å². The number of hydrogen-bond donors (Lipinski definition) is 1. The summed E-state index contributed by atoms with van der Waals surface area (Å²) in [6, 6.07) is 11.6. The highest BCUT2D eigenvalue weighted by atomic mass is 32.1. The molecule has 0 fully saturated rings. The topological polar surface area (TPSA) is 72.4 Å². The Morgan fingerprint density at radius 3 is 2.70 bits per heavy atom. The summed E-state index contributed by atoms with van der Waals surface area (Å²) in [4.78, 5) is 25.2. The van der Waals surface area contributed by atoms with Crippen molar-refractivity contribution in [1.29, 1.82) is 0 Å². The van der Waals surface area contributed by atoms with Gasteiger partial charge in [-0.25, -0.2) is 4.79 Å². The lowest BCUT2D eigenvalue weighted by atomic mass is 9.79. The molecular weight excluding hydrogens is 398 g/mol. The molecule has 4 aromatic rings. The zero-order chi connectivity index (χ0) is 21.2. The van der Waals surface area contributed by atoms with Gasteiger partial charge in [0.1, 0.15) is 11.1 Å². The summed E-state index contributed by atoms with van der Waals surface area (Å²) in [5.41, 5.74) is 2.68.